The number of nitrogens with one attached hydrogen (secondary N) is 1. The molecule has 2 aliphatic rings. The predicted molar refractivity (Wildman–Crippen MR) is 102 cm³/mol. The maximum absolute atomic E-state index is 14.1. The van der Waals surface area contributed by atoms with Crippen LogP contribution in [0.1, 0.15) is 41.4 Å². The molecule has 0 fully saturated rings. The zero-order valence-corrected chi connectivity index (χ0v) is 15.9. The third-order valence-corrected chi connectivity index (χ3v) is 5.68. The van der Waals surface area contributed by atoms with Crippen LogP contribution in [0, 0.1) is 11.6 Å². The lowest BCUT2D eigenvalue weighted by Crippen LogP contribution is -2.41. The van der Waals surface area contributed by atoms with Crippen molar-refractivity contribution in [2.45, 2.75) is 51.2 Å². The summed E-state index contributed by atoms with van der Waals surface area (Å²) in [6.07, 6.45) is 8.17. The van der Waals surface area contributed by atoms with E-state index in [-0.39, 0.29) is 17.5 Å². The first-order valence-electron chi connectivity index (χ1n) is 9.95. The van der Waals surface area contributed by atoms with E-state index < -0.39 is 11.6 Å². The molecule has 150 valence electrons. The molecule has 0 spiro atoms. The van der Waals surface area contributed by atoms with Crippen LogP contribution in [0.4, 0.5) is 8.78 Å². The molecule has 3 aromatic rings. The fourth-order valence-electron chi connectivity index (χ4n) is 4.17. The van der Waals surface area contributed by atoms with Crippen molar-refractivity contribution < 1.29 is 13.6 Å². The molecule has 1 aromatic carbocycles. The van der Waals surface area contributed by atoms with Crippen molar-refractivity contribution in [2.75, 3.05) is 0 Å². The minimum Gasteiger partial charge on any atom is -0.346 e. The van der Waals surface area contributed by atoms with Crippen molar-refractivity contribution in [1.82, 2.24) is 24.4 Å². The van der Waals surface area contributed by atoms with Gasteiger partial charge in [-0.2, -0.15) is 0 Å². The molecule has 1 amide bonds. The smallest absolute Gasteiger partial charge is 0.271 e. The number of aromatic nitrogens is 4. The Bertz CT molecular complexity index is 1060. The van der Waals surface area contributed by atoms with Crippen molar-refractivity contribution in [1.29, 1.82) is 0 Å². The Morgan fingerprint density at radius 3 is 2.76 bits per heavy atom. The number of carbonyl (C=O) groups is 1. The minimum absolute atomic E-state index is 0.0474. The monoisotopic (exact) mass is 397 g/mol. The molecule has 0 saturated carbocycles. The van der Waals surface area contributed by atoms with E-state index >= 15 is 0 Å². The van der Waals surface area contributed by atoms with Crippen LogP contribution in [0.3, 0.4) is 0 Å². The summed E-state index contributed by atoms with van der Waals surface area (Å²) < 4.78 is 31.2. The van der Waals surface area contributed by atoms with Crippen LogP contribution >= 0.6 is 0 Å². The number of amides is 1. The van der Waals surface area contributed by atoms with Gasteiger partial charge >= 0.3 is 0 Å². The van der Waals surface area contributed by atoms with Gasteiger partial charge in [-0.3, -0.25) is 4.79 Å². The Morgan fingerprint density at radius 1 is 1.07 bits per heavy atom. The SMILES string of the molecule is O=C(NC1CCc2nc(-c3ccc(F)cc3F)cn2C1)c1cn2c(n1)CCCC2. The van der Waals surface area contributed by atoms with E-state index in [9.17, 15) is 13.6 Å². The van der Waals surface area contributed by atoms with E-state index in [4.69, 9.17) is 0 Å². The van der Waals surface area contributed by atoms with Gasteiger partial charge in [-0.05, 0) is 31.4 Å². The number of aryl methyl sites for hydroxylation is 3. The first-order chi connectivity index (χ1) is 14.1. The summed E-state index contributed by atoms with van der Waals surface area (Å²) in [5.41, 5.74) is 1.22. The first-order valence-corrected chi connectivity index (χ1v) is 9.95. The highest BCUT2D eigenvalue weighted by atomic mass is 19.1. The zero-order chi connectivity index (χ0) is 20.0. The Morgan fingerprint density at radius 2 is 1.93 bits per heavy atom. The Balaban J connectivity index is 1.30. The van der Waals surface area contributed by atoms with E-state index in [0.717, 1.165) is 49.9 Å². The molecule has 4 heterocycles. The standard InChI is InChI=1S/C21H21F2N5O/c22-13-4-6-15(16(23)9-13)17-11-28-10-14(5-7-20(28)25-17)24-21(29)18-12-27-8-2-1-3-19(27)26-18/h4,6,9,11-12,14H,1-3,5,7-8,10H2,(H,24,29). The fraction of sp³-hybridized carbons (Fsp3) is 0.381. The average molecular weight is 397 g/mol. The molecule has 29 heavy (non-hydrogen) atoms. The lowest BCUT2D eigenvalue weighted by atomic mass is 10.1. The zero-order valence-electron chi connectivity index (χ0n) is 15.9. The van der Waals surface area contributed by atoms with Gasteiger partial charge in [0.2, 0.25) is 0 Å². The summed E-state index contributed by atoms with van der Waals surface area (Å²) in [5, 5.41) is 3.07. The number of hydrogen-bond donors (Lipinski definition) is 1. The summed E-state index contributed by atoms with van der Waals surface area (Å²) in [6, 6.07) is 3.44. The predicted octanol–water partition coefficient (Wildman–Crippen LogP) is 3.11. The van der Waals surface area contributed by atoms with E-state index in [1.165, 1.54) is 12.1 Å². The van der Waals surface area contributed by atoms with Crippen molar-refractivity contribution in [3.8, 4) is 11.3 Å². The molecule has 1 unspecified atom stereocenters. The highest BCUT2D eigenvalue weighted by Crippen LogP contribution is 2.25. The number of imidazole rings is 2. The summed E-state index contributed by atoms with van der Waals surface area (Å²) in [4.78, 5) is 21.6. The molecule has 2 aromatic heterocycles. The minimum atomic E-state index is -0.631. The lowest BCUT2D eigenvalue weighted by Gasteiger charge is -2.24. The van der Waals surface area contributed by atoms with Gasteiger partial charge in [0, 0.05) is 56.0 Å². The molecule has 6 nitrogen and oxygen atoms in total. The fourth-order valence-corrected chi connectivity index (χ4v) is 4.17. The third kappa shape index (κ3) is 3.43. The van der Waals surface area contributed by atoms with Crippen LogP contribution in [0.2, 0.25) is 0 Å². The maximum atomic E-state index is 14.1. The highest BCUT2D eigenvalue weighted by molar-refractivity contribution is 5.92. The number of rotatable bonds is 3. The molecule has 2 aliphatic heterocycles. The number of benzene rings is 1. The Labute approximate surface area is 166 Å². The first kappa shape index (κ1) is 18.0. The molecule has 5 rings (SSSR count). The topological polar surface area (TPSA) is 64.7 Å². The van der Waals surface area contributed by atoms with Crippen molar-refractivity contribution >= 4 is 5.91 Å². The molecule has 0 aliphatic carbocycles. The number of hydrogen-bond acceptors (Lipinski definition) is 3. The second kappa shape index (κ2) is 7.09. The quantitative estimate of drug-likeness (QED) is 0.739. The van der Waals surface area contributed by atoms with Crippen molar-refractivity contribution in [3.63, 3.8) is 0 Å². The van der Waals surface area contributed by atoms with E-state index in [1.807, 2.05) is 10.8 Å². The number of halogens is 2. The molecule has 8 heteroatoms. The van der Waals surface area contributed by atoms with Crippen LogP contribution in [0.5, 0.6) is 0 Å². The number of nitrogens with zero attached hydrogens (tertiary/aromatic N) is 4. The molecular weight excluding hydrogens is 376 g/mol. The van der Waals surface area contributed by atoms with Crippen molar-refractivity contribution in [3.05, 3.63) is 59.6 Å². The van der Waals surface area contributed by atoms with E-state index in [0.29, 0.717) is 24.4 Å². The summed E-state index contributed by atoms with van der Waals surface area (Å²) in [6.45, 7) is 1.48. The van der Waals surface area contributed by atoms with Gasteiger partial charge in [0.1, 0.15) is 29.0 Å². The number of fused-ring (bicyclic) bond motifs is 2. The lowest BCUT2D eigenvalue weighted by molar-refractivity contribution is 0.0922. The second-order valence-electron chi connectivity index (χ2n) is 7.72. The van der Waals surface area contributed by atoms with Crippen molar-refractivity contribution in [2.24, 2.45) is 0 Å². The van der Waals surface area contributed by atoms with Crippen LogP contribution < -0.4 is 5.32 Å². The average Bonchev–Trinajstić information content (AvgIpc) is 3.31. The van der Waals surface area contributed by atoms with Crippen LogP contribution in [-0.2, 0) is 25.9 Å². The molecule has 0 saturated heterocycles. The molecule has 1 atom stereocenters. The molecule has 0 bridgehead atoms. The van der Waals surface area contributed by atoms with Gasteiger partial charge in [0.05, 0.1) is 5.69 Å². The van der Waals surface area contributed by atoms with Crippen LogP contribution in [0.25, 0.3) is 11.3 Å². The summed E-state index contributed by atoms with van der Waals surface area (Å²) in [5.74, 6) is 0.415. The Hall–Kier alpha value is -3.03. The van der Waals surface area contributed by atoms with E-state index in [1.54, 1.807) is 6.20 Å². The molecule has 0 radical (unpaired) electrons. The van der Waals surface area contributed by atoms with Crippen LogP contribution in [-0.4, -0.2) is 31.1 Å². The second-order valence-corrected chi connectivity index (χ2v) is 7.72. The highest BCUT2D eigenvalue weighted by Gasteiger charge is 2.25. The summed E-state index contributed by atoms with van der Waals surface area (Å²) >= 11 is 0. The molecular formula is C21H21F2N5O. The van der Waals surface area contributed by atoms with Gasteiger partial charge < -0.3 is 14.5 Å². The normalized spacial score (nSPS) is 18.2. The molecule has 1 N–H and O–H groups in total. The van der Waals surface area contributed by atoms with Gasteiger partial charge in [0.25, 0.3) is 5.91 Å². The summed E-state index contributed by atoms with van der Waals surface area (Å²) in [7, 11) is 0. The van der Waals surface area contributed by atoms with Gasteiger partial charge in [-0.1, -0.05) is 0 Å². The maximum Gasteiger partial charge on any atom is 0.271 e. The van der Waals surface area contributed by atoms with E-state index in [2.05, 4.69) is 19.9 Å². The Kier molecular flexibility index (Phi) is 4.41. The van der Waals surface area contributed by atoms with Gasteiger partial charge in [-0.25, -0.2) is 18.7 Å². The van der Waals surface area contributed by atoms with Crippen LogP contribution in [0.15, 0.2) is 30.6 Å². The van der Waals surface area contributed by atoms with Gasteiger partial charge in [0.15, 0.2) is 0 Å². The largest absolute Gasteiger partial charge is 0.346 e. The van der Waals surface area contributed by atoms with Gasteiger partial charge in [-0.15, -0.1) is 0 Å². The third-order valence-electron chi connectivity index (χ3n) is 5.68. The number of carbonyl (C=O) groups excluding carboxylic acids is 1.